The Balaban J connectivity index is 1.77. The number of carbonyl (C=O) groups excluding carboxylic acids is 1. The maximum atomic E-state index is 13.8. The minimum absolute atomic E-state index is 0.0286. The van der Waals surface area contributed by atoms with Gasteiger partial charge in [0.05, 0.1) is 23.1 Å². The highest BCUT2D eigenvalue weighted by Crippen LogP contribution is 2.53. The van der Waals surface area contributed by atoms with Crippen molar-refractivity contribution in [2.24, 2.45) is 11.1 Å². The quantitative estimate of drug-likeness (QED) is 0.474. The van der Waals surface area contributed by atoms with Gasteiger partial charge in [-0.1, -0.05) is 34.6 Å². The monoisotopic (exact) mass is 516 g/mol. The van der Waals surface area contributed by atoms with E-state index in [-0.39, 0.29) is 16.6 Å². The Morgan fingerprint density at radius 3 is 2.44 bits per heavy atom. The van der Waals surface area contributed by atoms with Gasteiger partial charge in [-0.15, -0.1) is 22.7 Å². The second-order valence-electron chi connectivity index (χ2n) is 11.9. The van der Waals surface area contributed by atoms with E-state index in [4.69, 9.17) is 5.73 Å². The molecule has 0 aromatic carbocycles. The molecule has 0 spiro atoms. The van der Waals surface area contributed by atoms with Gasteiger partial charge in [0, 0.05) is 32.3 Å². The van der Waals surface area contributed by atoms with Crippen LogP contribution in [-0.4, -0.2) is 5.78 Å². The van der Waals surface area contributed by atoms with Gasteiger partial charge in [0.1, 0.15) is 16.9 Å². The maximum absolute atomic E-state index is 13.8. The van der Waals surface area contributed by atoms with Crippen LogP contribution >= 0.6 is 22.7 Å². The third kappa shape index (κ3) is 3.90. The molecule has 5 nitrogen and oxygen atoms in total. The molecule has 0 radical (unpaired) electrons. The summed E-state index contributed by atoms with van der Waals surface area (Å²) in [6.07, 6.45) is 5.13. The summed E-state index contributed by atoms with van der Waals surface area (Å²) in [6.45, 7) is 10.7. The van der Waals surface area contributed by atoms with Gasteiger partial charge in [-0.05, 0) is 60.6 Å². The van der Waals surface area contributed by atoms with E-state index >= 15 is 0 Å². The number of fused-ring (bicyclic) bond motifs is 1. The second kappa shape index (κ2) is 8.61. The highest BCUT2D eigenvalue weighted by Gasteiger charge is 2.46. The zero-order valence-electron chi connectivity index (χ0n) is 21.6. The number of hydrogen-bond acceptors (Lipinski definition) is 7. The smallest absolute Gasteiger partial charge is 0.162 e. The van der Waals surface area contributed by atoms with E-state index in [9.17, 15) is 15.3 Å². The molecule has 36 heavy (non-hydrogen) atoms. The largest absolute Gasteiger partial charge is 0.384 e. The van der Waals surface area contributed by atoms with Crippen molar-refractivity contribution in [2.75, 3.05) is 4.90 Å². The third-order valence-corrected chi connectivity index (χ3v) is 10.4. The fourth-order valence-electron chi connectivity index (χ4n) is 5.76. The maximum Gasteiger partial charge on any atom is 0.162 e. The second-order valence-corrected chi connectivity index (χ2v) is 14.1. The van der Waals surface area contributed by atoms with E-state index in [1.165, 1.54) is 9.75 Å². The molecule has 0 bridgehead atoms. The highest BCUT2D eigenvalue weighted by molar-refractivity contribution is 7.16. The number of Topliss-reactive ketones (excluding diaryl/α,β-unsaturated/α-hetero) is 1. The molecule has 0 fully saturated rings. The van der Waals surface area contributed by atoms with Crippen LogP contribution in [0.2, 0.25) is 0 Å². The van der Waals surface area contributed by atoms with Gasteiger partial charge in [-0.3, -0.25) is 9.69 Å². The SMILES string of the molecule is CC1(C)CC(=O)C2=C(C1)N(c1sc3c(c1C#N)CCCC3)C(N)=C(C#N)[C@@H]2c1ccc(C(C)(C)C)s1. The number of nitrogens with zero attached hydrogens (tertiary/aromatic N) is 3. The Bertz CT molecular complexity index is 1410. The highest BCUT2D eigenvalue weighted by atomic mass is 32.1. The lowest BCUT2D eigenvalue weighted by molar-refractivity contribution is -0.118. The molecule has 0 unspecified atom stereocenters. The van der Waals surface area contributed by atoms with E-state index in [2.05, 4.69) is 58.9 Å². The minimum atomic E-state index is -0.467. The van der Waals surface area contributed by atoms with Crippen LogP contribution in [0.25, 0.3) is 0 Å². The molecule has 2 aromatic heterocycles. The molecular weight excluding hydrogens is 484 g/mol. The van der Waals surface area contributed by atoms with E-state index in [1.807, 2.05) is 4.90 Å². The van der Waals surface area contributed by atoms with Crippen LogP contribution in [0.4, 0.5) is 5.00 Å². The molecule has 0 saturated heterocycles. The first-order valence-electron chi connectivity index (χ1n) is 12.6. The van der Waals surface area contributed by atoms with Crippen LogP contribution in [-0.2, 0) is 23.1 Å². The summed E-state index contributed by atoms with van der Waals surface area (Å²) < 4.78 is 0. The van der Waals surface area contributed by atoms with Gasteiger partial charge >= 0.3 is 0 Å². The standard InChI is InChI=1S/C29H32N4OS2/c1-28(2,3)23-11-10-22(35-23)24-18(15-31)26(32)33(19-12-29(4,5)13-20(34)25(19)24)27-17(14-30)16-8-6-7-9-21(16)36-27/h10-11,24H,6-9,12-13,32H2,1-5H3/t24-/m1/s1. The lowest BCUT2D eigenvalue weighted by atomic mass is 9.70. The van der Waals surface area contributed by atoms with Crippen LogP contribution < -0.4 is 10.6 Å². The molecule has 1 atom stereocenters. The lowest BCUT2D eigenvalue weighted by Crippen LogP contribution is -2.42. The topological polar surface area (TPSA) is 93.9 Å². The van der Waals surface area contributed by atoms with Gasteiger partial charge in [-0.25, -0.2) is 0 Å². The van der Waals surface area contributed by atoms with E-state index in [0.717, 1.165) is 46.8 Å². The molecule has 2 aliphatic carbocycles. The molecule has 1 aliphatic heterocycles. The van der Waals surface area contributed by atoms with E-state index in [0.29, 0.717) is 35.4 Å². The summed E-state index contributed by atoms with van der Waals surface area (Å²) >= 11 is 3.26. The Kier molecular flexibility index (Phi) is 5.93. The fraction of sp³-hybridized carbons (Fsp3) is 0.483. The third-order valence-electron chi connectivity index (χ3n) is 7.50. The van der Waals surface area contributed by atoms with Crippen molar-refractivity contribution < 1.29 is 4.79 Å². The summed E-state index contributed by atoms with van der Waals surface area (Å²) in [7, 11) is 0. The summed E-state index contributed by atoms with van der Waals surface area (Å²) in [5.74, 6) is -0.0411. The average Bonchev–Trinajstić information content (AvgIpc) is 3.42. The summed E-state index contributed by atoms with van der Waals surface area (Å²) in [5.41, 5.74) is 10.3. The van der Waals surface area contributed by atoms with Crippen LogP contribution in [0, 0.1) is 28.1 Å². The normalized spacial score (nSPS) is 21.7. The number of ketones is 1. The fourth-order valence-corrected chi connectivity index (χ4v) is 8.32. The number of rotatable bonds is 2. The van der Waals surface area contributed by atoms with Gasteiger partial charge in [0.25, 0.3) is 0 Å². The number of nitrogens with two attached hydrogens (primary N) is 1. The predicted molar refractivity (Wildman–Crippen MR) is 146 cm³/mol. The van der Waals surface area contributed by atoms with E-state index in [1.54, 1.807) is 22.7 Å². The van der Waals surface area contributed by atoms with Crippen molar-refractivity contribution in [3.63, 3.8) is 0 Å². The number of hydrogen-bond donors (Lipinski definition) is 1. The number of thiophene rings is 2. The Morgan fingerprint density at radius 1 is 1.08 bits per heavy atom. The summed E-state index contributed by atoms with van der Waals surface area (Å²) in [4.78, 5) is 19.1. The molecule has 5 rings (SSSR count). The summed E-state index contributed by atoms with van der Waals surface area (Å²) in [6, 6.07) is 8.99. The summed E-state index contributed by atoms with van der Waals surface area (Å²) in [5, 5.41) is 21.3. The van der Waals surface area contributed by atoms with Gasteiger partial charge in [0.2, 0.25) is 0 Å². The predicted octanol–water partition coefficient (Wildman–Crippen LogP) is 6.80. The molecular formula is C29H32N4OS2. The molecule has 0 saturated carbocycles. The first kappa shape index (κ1) is 24.8. The Morgan fingerprint density at radius 2 is 1.81 bits per heavy atom. The number of allylic oxidation sites excluding steroid dienone is 3. The first-order valence-corrected chi connectivity index (χ1v) is 14.2. The van der Waals surface area contributed by atoms with Crippen LogP contribution in [0.1, 0.15) is 92.0 Å². The molecule has 2 aromatic rings. The van der Waals surface area contributed by atoms with Crippen molar-refractivity contribution in [1.29, 1.82) is 10.5 Å². The van der Waals surface area contributed by atoms with Crippen molar-refractivity contribution in [1.82, 2.24) is 0 Å². The molecule has 7 heteroatoms. The van der Waals surface area contributed by atoms with Crippen LogP contribution in [0.15, 0.2) is 34.8 Å². The number of aryl methyl sites for hydroxylation is 1. The number of anilines is 1. The van der Waals surface area contributed by atoms with Crippen LogP contribution in [0.5, 0.6) is 0 Å². The molecule has 3 heterocycles. The Hall–Kier alpha value is -2.87. The molecule has 186 valence electrons. The van der Waals surface area contributed by atoms with Crippen molar-refractivity contribution in [3.8, 4) is 12.1 Å². The van der Waals surface area contributed by atoms with E-state index < -0.39 is 5.92 Å². The molecule has 3 aliphatic rings. The van der Waals surface area contributed by atoms with Gasteiger partial charge in [0.15, 0.2) is 5.78 Å². The van der Waals surface area contributed by atoms with Crippen molar-refractivity contribution >= 4 is 33.5 Å². The van der Waals surface area contributed by atoms with Crippen molar-refractivity contribution in [3.05, 3.63) is 60.6 Å². The Labute approximate surface area is 221 Å². The van der Waals surface area contributed by atoms with Crippen molar-refractivity contribution in [2.45, 2.75) is 84.5 Å². The number of nitriles is 2. The molecule has 0 amide bonds. The van der Waals surface area contributed by atoms with Gasteiger partial charge < -0.3 is 5.73 Å². The lowest BCUT2D eigenvalue weighted by Gasteiger charge is -2.43. The zero-order chi connectivity index (χ0) is 26.0. The zero-order valence-corrected chi connectivity index (χ0v) is 23.3. The number of carbonyl (C=O) groups is 1. The average molecular weight is 517 g/mol. The first-order chi connectivity index (χ1) is 17.0. The van der Waals surface area contributed by atoms with Crippen LogP contribution in [0.3, 0.4) is 0 Å². The molecule has 2 N–H and O–H groups in total. The minimum Gasteiger partial charge on any atom is -0.384 e. The van der Waals surface area contributed by atoms with Gasteiger partial charge in [-0.2, -0.15) is 10.5 Å².